The van der Waals surface area contributed by atoms with Gasteiger partial charge in [0.15, 0.2) is 15.6 Å². The van der Waals surface area contributed by atoms with Gasteiger partial charge in [-0.3, -0.25) is 9.59 Å². The molecule has 1 fully saturated rings. The third-order valence-corrected chi connectivity index (χ3v) is 11.4. The molecule has 0 N–H and O–H groups in total. The number of esters is 1. The number of benzene rings is 4. The Balaban J connectivity index is 0.000000215. The van der Waals surface area contributed by atoms with Crippen molar-refractivity contribution in [1.29, 1.82) is 0 Å². The van der Waals surface area contributed by atoms with Gasteiger partial charge in [0.1, 0.15) is 34.9 Å². The lowest BCUT2D eigenvalue weighted by atomic mass is 9.82. The predicted molar refractivity (Wildman–Crippen MR) is 208 cm³/mol. The molecule has 5 nitrogen and oxygen atoms in total. The van der Waals surface area contributed by atoms with Crippen LogP contribution in [0, 0.1) is 34.9 Å². The number of hydrogen-bond donors (Lipinski definition) is 0. The first kappa shape index (κ1) is 47.6. The fourth-order valence-corrected chi connectivity index (χ4v) is 8.21. The van der Waals surface area contributed by atoms with Gasteiger partial charge in [-0.05, 0) is 123 Å². The van der Waals surface area contributed by atoms with Gasteiger partial charge in [0.25, 0.3) is 0 Å². The lowest BCUT2D eigenvalue weighted by molar-refractivity contribution is -0.140. The predicted octanol–water partition coefficient (Wildman–Crippen LogP) is 12.4. The molecule has 0 aromatic heterocycles. The molecule has 17 heteroatoms. The van der Waals surface area contributed by atoms with E-state index in [2.05, 4.69) is 0 Å². The van der Waals surface area contributed by atoms with Gasteiger partial charge in [0.2, 0.25) is 0 Å². The molecule has 0 saturated carbocycles. The van der Waals surface area contributed by atoms with Crippen molar-refractivity contribution in [2.75, 3.05) is 0 Å². The number of halogens is 10. The van der Waals surface area contributed by atoms with Crippen LogP contribution in [0.25, 0.3) is 0 Å². The molecule has 1 heterocycles. The normalized spacial score (nSPS) is 19.4. The second-order valence-corrected chi connectivity index (χ2v) is 22.0. The maximum atomic E-state index is 14.3. The third-order valence-electron chi connectivity index (χ3n) is 8.98. The van der Waals surface area contributed by atoms with Crippen LogP contribution in [0.3, 0.4) is 0 Å². The van der Waals surface area contributed by atoms with Crippen LogP contribution in [-0.4, -0.2) is 37.7 Å². The Bertz CT molecular complexity index is 2050. The van der Waals surface area contributed by atoms with Crippen LogP contribution >= 0.6 is 41.7 Å². The van der Waals surface area contributed by atoms with E-state index < -0.39 is 61.4 Å². The van der Waals surface area contributed by atoms with Crippen molar-refractivity contribution in [2.24, 2.45) is 0 Å². The van der Waals surface area contributed by atoms with Gasteiger partial charge in [-0.2, -0.15) is 0 Å². The summed E-state index contributed by atoms with van der Waals surface area (Å²) in [6.07, 6.45) is 3.36. The number of hydrogen-bond acceptors (Lipinski definition) is 5. The second kappa shape index (κ2) is 21.8. The van der Waals surface area contributed by atoms with E-state index in [1.807, 2.05) is 13.8 Å². The van der Waals surface area contributed by atoms with Crippen molar-refractivity contribution in [1.82, 2.24) is 0 Å². The SMILES string of the molecule is CC1CCC(=O)O1.CC1CCC(=O)c2c(F)ccc(F)c21.CC1CCC(S(=O)(=O)c2ccc(Cl)cc2)c2c(F)ccc(F)c21.Fc1ccc(F)cc1.[Cl][Al]([Cl])[Cl]. The minimum Gasteiger partial charge on any atom is -0.463 e. The molecule has 4 aromatic rings. The molecule has 56 heavy (non-hydrogen) atoms. The monoisotopic (exact) mass is 898 g/mol. The Morgan fingerprint density at radius 2 is 1.07 bits per heavy atom. The zero-order valence-electron chi connectivity index (χ0n) is 30.3. The van der Waals surface area contributed by atoms with Crippen molar-refractivity contribution >= 4 is 74.7 Å². The van der Waals surface area contributed by atoms with Crippen LogP contribution in [0.15, 0.2) is 77.7 Å². The van der Waals surface area contributed by atoms with Crippen molar-refractivity contribution in [3.05, 3.63) is 135 Å². The summed E-state index contributed by atoms with van der Waals surface area (Å²) in [5.41, 5.74) is 0.363. The largest absolute Gasteiger partial charge is 0.643 e. The average Bonchev–Trinajstić information content (AvgIpc) is 3.53. The van der Waals surface area contributed by atoms with Crippen molar-refractivity contribution in [2.45, 2.75) is 87.4 Å². The molecular formula is C39H37AlCl4F6O5S. The molecule has 0 radical (unpaired) electrons. The third kappa shape index (κ3) is 13.4. The summed E-state index contributed by atoms with van der Waals surface area (Å²) < 4.78 is 109. The number of rotatable bonds is 2. The topological polar surface area (TPSA) is 77.5 Å². The van der Waals surface area contributed by atoms with E-state index in [-0.39, 0.29) is 63.3 Å². The second-order valence-electron chi connectivity index (χ2n) is 13.0. The molecule has 2 aliphatic carbocycles. The number of Topliss-reactive ketones (excluding diaryl/α,β-unsaturated/α-hetero) is 1. The summed E-state index contributed by atoms with van der Waals surface area (Å²) in [6, 6.07) is 14.2. The molecule has 4 atom stereocenters. The molecule has 1 aliphatic heterocycles. The van der Waals surface area contributed by atoms with E-state index in [1.165, 1.54) is 24.3 Å². The molecule has 0 amide bonds. The Kier molecular flexibility index (Phi) is 18.6. The molecule has 0 spiro atoms. The van der Waals surface area contributed by atoms with E-state index in [1.54, 1.807) is 6.92 Å². The van der Waals surface area contributed by atoms with E-state index >= 15 is 0 Å². The van der Waals surface area contributed by atoms with Gasteiger partial charge in [-0.25, -0.2) is 64.9 Å². The summed E-state index contributed by atoms with van der Waals surface area (Å²) in [5.74, 6) is -3.73. The highest BCUT2D eigenvalue weighted by Gasteiger charge is 2.38. The summed E-state index contributed by atoms with van der Waals surface area (Å²) in [4.78, 5) is 21.7. The van der Waals surface area contributed by atoms with Crippen LogP contribution < -0.4 is 0 Å². The molecule has 7 rings (SSSR count). The number of carbonyl (C=O) groups excluding carboxylic acids is 2. The summed E-state index contributed by atoms with van der Waals surface area (Å²) >= 11 is 4.07. The van der Waals surface area contributed by atoms with Gasteiger partial charge in [0, 0.05) is 29.0 Å². The molecule has 1 saturated heterocycles. The molecule has 3 aliphatic rings. The summed E-state index contributed by atoms with van der Waals surface area (Å²) in [7, 11) is 11.0. The first-order valence-electron chi connectivity index (χ1n) is 17.3. The van der Waals surface area contributed by atoms with Gasteiger partial charge >= 0.3 is 17.4 Å². The van der Waals surface area contributed by atoms with Gasteiger partial charge in [0.05, 0.1) is 21.8 Å². The fraction of sp³-hybridized carbons (Fsp3) is 0.333. The maximum absolute atomic E-state index is 14.3. The van der Waals surface area contributed by atoms with Crippen LogP contribution in [-0.2, 0) is 19.4 Å². The smallest absolute Gasteiger partial charge is 0.463 e. The Morgan fingerprint density at radius 1 is 0.607 bits per heavy atom. The van der Waals surface area contributed by atoms with E-state index in [4.69, 9.17) is 46.5 Å². The number of ketones is 1. The van der Waals surface area contributed by atoms with Crippen LogP contribution in [0.5, 0.6) is 0 Å². The summed E-state index contributed by atoms with van der Waals surface area (Å²) in [6.45, 7) is 5.51. The van der Waals surface area contributed by atoms with Crippen LogP contribution in [0.4, 0.5) is 26.3 Å². The van der Waals surface area contributed by atoms with E-state index in [0.717, 1.165) is 55.0 Å². The van der Waals surface area contributed by atoms with E-state index in [0.29, 0.717) is 30.7 Å². The average molecular weight is 901 g/mol. The number of fused-ring (bicyclic) bond motifs is 2. The van der Waals surface area contributed by atoms with E-state index in [9.17, 15) is 44.3 Å². The van der Waals surface area contributed by atoms with Gasteiger partial charge in [-0.1, -0.05) is 25.4 Å². The van der Waals surface area contributed by atoms with Crippen LogP contribution in [0.2, 0.25) is 5.02 Å². The maximum Gasteiger partial charge on any atom is 0.643 e. The minimum atomic E-state index is -3.82. The van der Waals surface area contributed by atoms with Crippen molar-refractivity contribution < 1.29 is 49.1 Å². The standard InChI is InChI=1S/C17H15ClF2O2S.C11H10F2O.C6H4F2.C5H8O2.Al.3ClH/c1-10-2-9-15(17-14(20)8-7-13(19)16(10)17)23(21,22)12-5-3-11(18)4-6-12;1-6-2-5-9(14)11-8(13)4-3-7(12)10(6)11;7-5-1-2-6(8)4-3-5;1-4-2-3-5(6)7-4;;;;/h3-8,10,15H,2,9H2,1H3;3-4,6H,2,5H2,1H3;1-4H;4H,2-3H2,1H3;;3*1H/q;;;;+3;;;/p-3. The number of carbonyl (C=O) groups is 2. The zero-order valence-corrected chi connectivity index (χ0v) is 35.3. The number of cyclic esters (lactones) is 1. The van der Waals surface area contributed by atoms with Crippen molar-refractivity contribution in [3.63, 3.8) is 0 Å². The first-order valence-corrected chi connectivity index (χ1v) is 24.4. The highest BCUT2D eigenvalue weighted by atomic mass is 35.8. The Hall–Kier alpha value is -2.76. The van der Waals surface area contributed by atoms with Crippen molar-refractivity contribution in [3.8, 4) is 0 Å². The Morgan fingerprint density at radius 3 is 1.52 bits per heavy atom. The molecule has 0 bridgehead atoms. The highest BCUT2D eigenvalue weighted by Crippen LogP contribution is 2.45. The first-order chi connectivity index (χ1) is 26.2. The lowest BCUT2D eigenvalue weighted by Crippen LogP contribution is -2.23. The fourth-order valence-electron chi connectivity index (χ4n) is 6.24. The highest BCUT2D eigenvalue weighted by molar-refractivity contribution is 7.91. The minimum absolute atomic E-state index is 0.0290. The lowest BCUT2D eigenvalue weighted by Gasteiger charge is -2.30. The Labute approximate surface area is 344 Å². The van der Waals surface area contributed by atoms with Gasteiger partial charge < -0.3 is 4.74 Å². The van der Waals surface area contributed by atoms with Crippen LogP contribution in [0.1, 0.15) is 103 Å². The number of sulfone groups is 1. The summed E-state index contributed by atoms with van der Waals surface area (Å²) in [5, 5.41) is -0.663. The molecule has 4 unspecified atom stereocenters. The zero-order chi connectivity index (χ0) is 41.9. The quantitative estimate of drug-likeness (QED) is 0.114. The molecular weight excluding hydrogens is 863 g/mol. The van der Waals surface area contributed by atoms with Gasteiger partial charge in [-0.15, -0.1) is 0 Å². The molecule has 4 aromatic carbocycles. The molecule has 302 valence electrons. The number of ether oxygens (including phenoxy) is 1.